The molecule has 0 aliphatic carbocycles. The topological polar surface area (TPSA) is 30.0 Å². The van der Waals surface area contributed by atoms with E-state index in [1.807, 2.05) is 36.4 Å². The van der Waals surface area contributed by atoms with Gasteiger partial charge < -0.3 is 0 Å². The average molecular weight is 207 g/mol. The van der Waals surface area contributed by atoms with Gasteiger partial charge in [-0.05, 0) is 30.3 Å². The first-order chi connectivity index (χ1) is 7.86. The van der Waals surface area contributed by atoms with Crippen LogP contribution in [0.15, 0.2) is 48.5 Å². The van der Waals surface area contributed by atoms with Gasteiger partial charge in [-0.1, -0.05) is 18.2 Å². The lowest BCUT2D eigenvalue weighted by Crippen LogP contribution is -1.84. The fourth-order valence-electron chi connectivity index (χ4n) is 1.87. The molecule has 3 rings (SSSR count). The van der Waals surface area contributed by atoms with Crippen LogP contribution >= 0.6 is 0 Å². The van der Waals surface area contributed by atoms with Gasteiger partial charge in [0, 0.05) is 16.3 Å². The first-order valence-corrected chi connectivity index (χ1v) is 5.11. The SMILES string of the molecule is O=Cc1ccc2nc3ccccc3cc2c1. The molecule has 0 amide bonds. The predicted octanol–water partition coefficient (Wildman–Crippen LogP) is 3.20. The highest BCUT2D eigenvalue weighted by atomic mass is 16.1. The molecule has 2 heteroatoms. The van der Waals surface area contributed by atoms with Crippen LogP contribution in [-0.2, 0) is 0 Å². The van der Waals surface area contributed by atoms with Gasteiger partial charge in [0.2, 0.25) is 0 Å². The van der Waals surface area contributed by atoms with Gasteiger partial charge in [-0.2, -0.15) is 0 Å². The number of aromatic nitrogens is 1. The largest absolute Gasteiger partial charge is 0.298 e. The van der Waals surface area contributed by atoms with Crippen LogP contribution in [0.25, 0.3) is 21.8 Å². The minimum absolute atomic E-state index is 0.685. The van der Waals surface area contributed by atoms with Gasteiger partial charge in [0.1, 0.15) is 6.29 Å². The van der Waals surface area contributed by atoms with Crippen LogP contribution in [0.5, 0.6) is 0 Å². The van der Waals surface area contributed by atoms with Crippen molar-refractivity contribution in [2.24, 2.45) is 0 Å². The van der Waals surface area contributed by atoms with Crippen molar-refractivity contribution in [3.63, 3.8) is 0 Å². The molecular weight excluding hydrogens is 198 g/mol. The van der Waals surface area contributed by atoms with Crippen LogP contribution in [0.3, 0.4) is 0 Å². The maximum Gasteiger partial charge on any atom is 0.150 e. The van der Waals surface area contributed by atoms with E-state index in [0.717, 1.165) is 28.1 Å². The van der Waals surface area contributed by atoms with Crippen LogP contribution in [-0.4, -0.2) is 11.3 Å². The summed E-state index contributed by atoms with van der Waals surface area (Å²) in [7, 11) is 0. The summed E-state index contributed by atoms with van der Waals surface area (Å²) in [4.78, 5) is 15.2. The molecule has 0 bridgehead atoms. The predicted molar refractivity (Wildman–Crippen MR) is 64.6 cm³/mol. The molecule has 3 aromatic rings. The van der Waals surface area contributed by atoms with Crippen molar-refractivity contribution in [2.45, 2.75) is 0 Å². The Kier molecular flexibility index (Phi) is 1.93. The van der Waals surface area contributed by atoms with Gasteiger partial charge in [-0.25, -0.2) is 4.98 Å². The number of rotatable bonds is 1. The normalized spacial score (nSPS) is 10.8. The van der Waals surface area contributed by atoms with Gasteiger partial charge in [0.15, 0.2) is 0 Å². The van der Waals surface area contributed by atoms with E-state index in [1.54, 1.807) is 6.07 Å². The molecule has 0 spiro atoms. The summed E-state index contributed by atoms with van der Waals surface area (Å²) in [6, 6.07) is 15.6. The van der Waals surface area contributed by atoms with Crippen molar-refractivity contribution in [3.05, 3.63) is 54.1 Å². The van der Waals surface area contributed by atoms with E-state index in [0.29, 0.717) is 5.56 Å². The number of carbonyl (C=O) groups is 1. The highest BCUT2D eigenvalue weighted by Gasteiger charge is 1.99. The van der Waals surface area contributed by atoms with E-state index in [2.05, 4.69) is 11.1 Å². The number of carbonyl (C=O) groups excluding carboxylic acids is 1. The van der Waals surface area contributed by atoms with Crippen LogP contribution in [0.2, 0.25) is 0 Å². The molecule has 0 saturated carbocycles. The highest BCUT2D eigenvalue weighted by molar-refractivity contribution is 5.95. The monoisotopic (exact) mass is 207 g/mol. The number of fused-ring (bicyclic) bond motifs is 2. The van der Waals surface area contributed by atoms with Gasteiger partial charge in [0.25, 0.3) is 0 Å². The van der Waals surface area contributed by atoms with Crippen LogP contribution < -0.4 is 0 Å². The summed E-state index contributed by atoms with van der Waals surface area (Å²) in [5.41, 5.74) is 2.59. The number of benzene rings is 2. The third-order valence-electron chi connectivity index (χ3n) is 2.68. The molecule has 16 heavy (non-hydrogen) atoms. The van der Waals surface area contributed by atoms with Crippen molar-refractivity contribution < 1.29 is 4.79 Å². The van der Waals surface area contributed by atoms with Crippen molar-refractivity contribution in [1.82, 2.24) is 4.98 Å². The van der Waals surface area contributed by atoms with Gasteiger partial charge in [-0.15, -0.1) is 0 Å². The average Bonchev–Trinajstić information content (AvgIpc) is 2.35. The first-order valence-electron chi connectivity index (χ1n) is 5.11. The smallest absolute Gasteiger partial charge is 0.150 e. The number of nitrogens with zero attached hydrogens (tertiary/aromatic N) is 1. The maximum absolute atomic E-state index is 10.7. The van der Waals surface area contributed by atoms with Gasteiger partial charge in [-0.3, -0.25) is 4.79 Å². The molecule has 2 nitrogen and oxygen atoms in total. The van der Waals surface area contributed by atoms with E-state index in [9.17, 15) is 4.79 Å². The zero-order chi connectivity index (χ0) is 11.0. The molecule has 76 valence electrons. The zero-order valence-electron chi connectivity index (χ0n) is 8.55. The fraction of sp³-hybridized carbons (Fsp3) is 0. The lowest BCUT2D eigenvalue weighted by atomic mass is 10.1. The number of hydrogen-bond acceptors (Lipinski definition) is 2. The Labute approximate surface area is 92.5 Å². The molecule has 1 aromatic heterocycles. The Morgan fingerprint density at radius 2 is 1.69 bits per heavy atom. The molecule has 0 radical (unpaired) electrons. The molecule has 0 atom stereocenters. The third-order valence-corrected chi connectivity index (χ3v) is 2.68. The first kappa shape index (κ1) is 9.04. The summed E-state index contributed by atoms with van der Waals surface area (Å²) >= 11 is 0. The standard InChI is InChI=1S/C14H9NO/c16-9-10-5-6-14-12(7-10)8-11-3-1-2-4-13(11)15-14/h1-9H. The molecule has 0 fully saturated rings. The number of para-hydroxylation sites is 1. The Morgan fingerprint density at radius 1 is 0.875 bits per heavy atom. The van der Waals surface area contributed by atoms with E-state index >= 15 is 0 Å². The molecule has 0 aliphatic rings. The Morgan fingerprint density at radius 3 is 2.56 bits per heavy atom. The number of hydrogen-bond donors (Lipinski definition) is 0. The van der Waals surface area contributed by atoms with E-state index in [-0.39, 0.29) is 0 Å². The van der Waals surface area contributed by atoms with E-state index < -0.39 is 0 Å². The summed E-state index contributed by atoms with van der Waals surface area (Å²) in [6.07, 6.45) is 0.856. The minimum atomic E-state index is 0.685. The summed E-state index contributed by atoms with van der Waals surface area (Å²) in [5.74, 6) is 0. The second-order valence-corrected chi connectivity index (χ2v) is 3.75. The van der Waals surface area contributed by atoms with Crippen molar-refractivity contribution >= 4 is 28.1 Å². The molecule has 0 saturated heterocycles. The third kappa shape index (κ3) is 1.36. The van der Waals surface area contributed by atoms with Crippen LogP contribution in [0, 0.1) is 0 Å². The molecule has 0 unspecified atom stereocenters. The minimum Gasteiger partial charge on any atom is -0.298 e. The Hall–Kier alpha value is -2.22. The van der Waals surface area contributed by atoms with Gasteiger partial charge in [0.05, 0.1) is 11.0 Å². The maximum atomic E-state index is 10.7. The summed E-state index contributed by atoms with van der Waals surface area (Å²) in [6.45, 7) is 0. The molecular formula is C14H9NO. The Balaban J connectivity index is 2.41. The number of aldehydes is 1. The fourth-order valence-corrected chi connectivity index (χ4v) is 1.87. The second-order valence-electron chi connectivity index (χ2n) is 3.75. The zero-order valence-corrected chi connectivity index (χ0v) is 8.55. The lowest BCUT2D eigenvalue weighted by Gasteiger charge is -2.01. The molecule has 0 aliphatic heterocycles. The Bertz CT molecular complexity index is 688. The van der Waals surface area contributed by atoms with Crippen LogP contribution in [0.1, 0.15) is 10.4 Å². The second kappa shape index (κ2) is 3.42. The summed E-state index contributed by atoms with van der Waals surface area (Å²) < 4.78 is 0. The van der Waals surface area contributed by atoms with Crippen molar-refractivity contribution in [3.8, 4) is 0 Å². The van der Waals surface area contributed by atoms with Crippen molar-refractivity contribution in [1.29, 1.82) is 0 Å². The summed E-state index contributed by atoms with van der Waals surface area (Å²) in [5, 5.41) is 2.10. The van der Waals surface area contributed by atoms with E-state index in [4.69, 9.17) is 0 Å². The van der Waals surface area contributed by atoms with E-state index in [1.165, 1.54) is 0 Å². The highest BCUT2D eigenvalue weighted by Crippen LogP contribution is 2.19. The number of pyridine rings is 1. The molecule has 1 heterocycles. The van der Waals surface area contributed by atoms with Gasteiger partial charge >= 0.3 is 0 Å². The van der Waals surface area contributed by atoms with Crippen molar-refractivity contribution in [2.75, 3.05) is 0 Å². The quantitative estimate of drug-likeness (QED) is 0.453. The lowest BCUT2D eigenvalue weighted by molar-refractivity contribution is 0.112. The van der Waals surface area contributed by atoms with Crippen LogP contribution in [0.4, 0.5) is 0 Å². The molecule has 0 N–H and O–H groups in total. The molecule has 2 aromatic carbocycles.